The summed E-state index contributed by atoms with van der Waals surface area (Å²) in [6.07, 6.45) is 1.60. The first-order valence-electron chi connectivity index (χ1n) is 6.29. The van der Waals surface area contributed by atoms with Gasteiger partial charge in [0.1, 0.15) is 12.4 Å². The maximum absolute atomic E-state index is 12.6. The molecule has 0 heterocycles. The van der Waals surface area contributed by atoms with Gasteiger partial charge in [-0.1, -0.05) is 49.1 Å². The quantitative estimate of drug-likeness (QED) is 0.683. The maximum atomic E-state index is 12.6. The number of fused-ring (bicyclic) bond motifs is 2. The Morgan fingerprint density at radius 3 is 2.25 bits per heavy atom. The number of benzene rings is 2. The SMILES string of the molecule is C=CCOc1cccc2c1C(=O)c1ccccc1C2=O. The van der Waals surface area contributed by atoms with Gasteiger partial charge in [-0.25, -0.2) is 0 Å². The normalized spacial score (nSPS) is 12.6. The minimum absolute atomic E-state index is 0.140. The fraction of sp³-hybridized carbons (Fsp3) is 0.0588. The molecule has 2 aromatic carbocycles. The zero-order valence-corrected chi connectivity index (χ0v) is 10.8. The van der Waals surface area contributed by atoms with Gasteiger partial charge in [0.2, 0.25) is 0 Å². The number of hydrogen-bond acceptors (Lipinski definition) is 3. The van der Waals surface area contributed by atoms with Crippen molar-refractivity contribution in [3.8, 4) is 5.75 Å². The summed E-state index contributed by atoms with van der Waals surface area (Å²) in [5, 5.41) is 0. The molecule has 2 aromatic rings. The molecule has 1 aliphatic carbocycles. The summed E-state index contributed by atoms with van der Waals surface area (Å²) in [6.45, 7) is 3.87. The highest BCUT2D eigenvalue weighted by Gasteiger charge is 2.31. The summed E-state index contributed by atoms with van der Waals surface area (Å²) in [4.78, 5) is 25.0. The van der Waals surface area contributed by atoms with E-state index >= 15 is 0 Å². The number of rotatable bonds is 3. The maximum Gasteiger partial charge on any atom is 0.198 e. The van der Waals surface area contributed by atoms with E-state index in [1.165, 1.54) is 0 Å². The zero-order valence-electron chi connectivity index (χ0n) is 10.8. The molecule has 0 aromatic heterocycles. The fourth-order valence-electron chi connectivity index (χ4n) is 2.38. The lowest BCUT2D eigenvalue weighted by molar-refractivity contribution is 0.0976. The van der Waals surface area contributed by atoms with Crippen LogP contribution in [0.2, 0.25) is 0 Å². The van der Waals surface area contributed by atoms with Crippen molar-refractivity contribution in [2.45, 2.75) is 0 Å². The molecule has 0 saturated heterocycles. The first kappa shape index (κ1) is 12.4. The summed E-state index contributed by atoms with van der Waals surface area (Å²) in [7, 11) is 0. The largest absolute Gasteiger partial charge is 0.489 e. The molecule has 0 fully saturated rings. The minimum Gasteiger partial charge on any atom is -0.489 e. The Morgan fingerprint density at radius 1 is 0.900 bits per heavy atom. The van der Waals surface area contributed by atoms with Gasteiger partial charge >= 0.3 is 0 Å². The van der Waals surface area contributed by atoms with Crippen LogP contribution in [0.15, 0.2) is 55.1 Å². The molecular formula is C17H12O3. The summed E-state index contributed by atoms with van der Waals surface area (Å²) in [5.74, 6) is 0.115. The molecule has 3 rings (SSSR count). The van der Waals surface area contributed by atoms with E-state index in [0.29, 0.717) is 34.6 Å². The minimum atomic E-state index is -0.171. The van der Waals surface area contributed by atoms with Crippen molar-refractivity contribution in [2.24, 2.45) is 0 Å². The van der Waals surface area contributed by atoms with Crippen molar-refractivity contribution in [1.29, 1.82) is 0 Å². The van der Waals surface area contributed by atoms with Gasteiger partial charge in [0.25, 0.3) is 0 Å². The van der Waals surface area contributed by atoms with Crippen molar-refractivity contribution in [3.63, 3.8) is 0 Å². The molecule has 3 nitrogen and oxygen atoms in total. The van der Waals surface area contributed by atoms with E-state index in [9.17, 15) is 9.59 Å². The Morgan fingerprint density at radius 2 is 1.55 bits per heavy atom. The standard InChI is InChI=1S/C17H12O3/c1-2-10-20-14-9-5-8-13-15(14)17(19)12-7-4-3-6-11(12)16(13)18/h2-9H,1,10H2. The van der Waals surface area contributed by atoms with Crippen LogP contribution in [-0.2, 0) is 0 Å². The number of carbonyl (C=O) groups excluding carboxylic acids is 2. The summed E-state index contributed by atoms with van der Waals surface area (Å²) in [5.41, 5.74) is 1.62. The third-order valence-electron chi connectivity index (χ3n) is 3.27. The van der Waals surface area contributed by atoms with Crippen LogP contribution in [0.3, 0.4) is 0 Å². The molecular weight excluding hydrogens is 252 g/mol. The average Bonchev–Trinajstić information content (AvgIpc) is 2.50. The molecule has 0 amide bonds. The second-order valence-electron chi connectivity index (χ2n) is 4.48. The lowest BCUT2D eigenvalue weighted by Crippen LogP contribution is -2.21. The van der Waals surface area contributed by atoms with Crippen molar-refractivity contribution in [3.05, 3.63) is 77.4 Å². The van der Waals surface area contributed by atoms with E-state index in [-0.39, 0.29) is 11.6 Å². The van der Waals surface area contributed by atoms with Crippen molar-refractivity contribution >= 4 is 11.6 Å². The Kier molecular flexibility index (Phi) is 2.95. The Hall–Kier alpha value is -2.68. The van der Waals surface area contributed by atoms with Gasteiger partial charge in [-0.3, -0.25) is 9.59 Å². The second kappa shape index (κ2) is 4.78. The van der Waals surface area contributed by atoms with Gasteiger partial charge in [-0.05, 0) is 6.07 Å². The predicted molar refractivity (Wildman–Crippen MR) is 75.4 cm³/mol. The van der Waals surface area contributed by atoms with E-state index < -0.39 is 0 Å². The molecule has 20 heavy (non-hydrogen) atoms. The molecule has 1 aliphatic rings. The molecule has 0 N–H and O–H groups in total. The number of hydrogen-bond donors (Lipinski definition) is 0. The molecule has 0 atom stereocenters. The van der Waals surface area contributed by atoms with Crippen molar-refractivity contribution < 1.29 is 14.3 Å². The van der Waals surface area contributed by atoms with Crippen LogP contribution in [0, 0.1) is 0 Å². The van der Waals surface area contributed by atoms with Crippen LogP contribution in [0.1, 0.15) is 31.8 Å². The monoisotopic (exact) mass is 264 g/mol. The third-order valence-corrected chi connectivity index (χ3v) is 3.27. The zero-order chi connectivity index (χ0) is 14.1. The average molecular weight is 264 g/mol. The van der Waals surface area contributed by atoms with E-state index in [4.69, 9.17) is 4.74 Å². The molecule has 0 aliphatic heterocycles. The predicted octanol–water partition coefficient (Wildman–Crippen LogP) is 3.03. The van der Waals surface area contributed by atoms with Crippen LogP contribution in [0.25, 0.3) is 0 Å². The van der Waals surface area contributed by atoms with Gasteiger partial charge in [-0.2, -0.15) is 0 Å². The first-order chi connectivity index (χ1) is 9.74. The van der Waals surface area contributed by atoms with Crippen molar-refractivity contribution in [1.82, 2.24) is 0 Å². The molecule has 98 valence electrons. The van der Waals surface area contributed by atoms with Crippen LogP contribution in [0.5, 0.6) is 5.75 Å². The third kappa shape index (κ3) is 1.75. The smallest absolute Gasteiger partial charge is 0.198 e. The molecule has 0 saturated carbocycles. The van der Waals surface area contributed by atoms with Crippen LogP contribution in [-0.4, -0.2) is 18.2 Å². The number of ether oxygens (including phenoxy) is 1. The lowest BCUT2D eigenvalue weighted by Gasteiger charge is -2.19. The van der Waals surface area contributed by atoms with Gasteiger partial charge in [0.15, 0.2) is 11.6 Å². The van der Waals surface area contributed by atoms with Crippen LogP contribution < -0.4 is 4.74 Å². The highest BCUT2D eigenvalue weighted by atomic mass is 16.5. The van der Waals surface area contributed by atoms with Crippen LogP contribution in [0.4, 0.5) is 0 Å². The summed E-state index contributed by atoms with van der Waals surface area (Å²) in [6, 6.07) is 11.9. The Bertz CT molecular complexity index is 729. The highest BCUT2D eigenvalue weighted by molar-refractivity contribution is 6.29. The second-order valence-corrected chi connectivity index (χ2v) is 4.48. The fourth-order valence-corrected chi connectivity index (χ4v) is 2.38. The van der Waals surface area contributed by atoms with Crippen LogP contribution >= 0.6 is 0 Å². The van der Waals surface area contributed by atoms with E-state index in [1.807, 2.05) is 0 Å². The molecule has 0 radical (unpaired) electrons. The molecule has 0 bridgehead atoms. The van der Waals surface area contributed by atoms with Gasteiger partial charge < -0.3 is 4.74 Å². The first-order valence-corrected chi connectivity index (χ1v) is 6.29. The van der Waals surface area contributed by atoms with Gasteiger partial charge in [-0.15, -0.1) is 0 Å². The molecule has 0 unspecified atom stereocenters. The number of carbonyl (C=O) groups is 2. The molecule has 0 spiro atoms. The topological polar surface area (TPSA) is 43.4 Å². The Balaban J connectivity index is 2.20. The Labute approximate surface area is 116 Å². The van der Waals surface area contributed by atoms with Crippen molar-refractivity contribution in [2.75, 3.05) is 6.61 Å². The highest BCUT2D eigenvalue weighted by Crippen LogP contribution is 2.33. The lowest BCUT2D eigenvalue weighted by atomic mass is 9.83. The van der Waals surface area contributed by atoms with E-state index in [2.05, 4.69) is 6.58 Å². The summed E-state index contributed by atoms with van der Waals surface area (Å²) < 4.78 is 5.50. The summed E-state index contributed by atoms with van der Waals surface area (Å²) >= 11 is 0. The number of ketones is 2. The van der Waals surface area contributed by atoms with Gasteiger partial charge in [0.05, 0.1) is 5.56 Å². The molecule has 3 heteroatoms. The van der Waals surface area contributed by atoms with E-state index in [1.54, 1.807) is 48.5 Å². The van der Waals surface area contributed by atoms with Gasteiger partial charge in [0, 0.05) is 16.7 Å². The van der Waals surface area contributed by atoms with E-state index in [0.717, 1.165) is 0 Å².